The van der Waals surface area contributed by atoms with Crippen LogP contribution < -0.4 is 10.0 Å². The summed E-state index contributed by atoms with van der Waals surface area (Å²) in [5.74, 6) is 0.761. The van der Waals surface area contributed by atoms with Gasteiger partial charge in [0.2, 0.25) is 10.0 Å². The maximum absolute atomic E-state index is 12.5. The Hall–Kier alpha value is -1.83. The second-order valence-electron chi connectivity index (χ2n) is 5.43. The van der Waals surface area contributed by atoms with E-state index in [2.05, 4.69) is 16.1 Å². The van der Waals surface area contributed by atoms with Crippen LogP contribution in [0.25, 0.3) is 0 Å². The number of rotatable bonds is 4. The Bertz CT molecular complexity index is 848. The van der Waals surface area contributed by atoms with E-state index < -0.39 is 10.0 Å². The van der Waals surface area contributed by atoms with Crippen molar-refractivity contribution in [2.45, 2.75) is 22.3 Å². The fourth-order valence-corrected chi connectivity index (χ4v) is 4.49. The number of hydrogen-bond acceptors (Lipinski definition) is 4. The summed E-state index contributed by atoms with van der Waals surface area (Å²) < 4.78 is 25.7. The topological polar surface area (TPSA) is 75.3 Å². The minimum atomic E-state index is -3.49. The monoisotopic (exact) mass is 362 g/mol. The summed E-state index contributed by atoms with van der Waals surface area (Å²) in [5, 5.41) is 3.05. The molecule has 7 heteroatoms. The Morgan fingerprint density at radius 1 is 1.12 bits per heavy atom. The number of carbonyl (C=O) groups excluding carboxylic acids is 1. The Labute approximate surface area is 145 Å². The third-order valence-electron chi connectivity index (χ3n) is 3.96. The van der Waals surface area contributed by atoms with Crippen LogP contribution in [0.5, 0.6) is 0 Å². The molecule has 1 amide bonds. The standard InChI is InChI=1S/C17H18N2O3S2/c1-18-24(21,22)13-8-6-12(7-9-13)17(20)19-15-10-11-23-16-5-3-2-4-14(15)16/h2-9,15,18H,10-11H2,1H3,(H,19,20). The van der Waals surface area contributed by atoms with Gasteiger partial charge in [-0.1, -0.05) is 18.2 Å². The number of amides is 1. The van der Waals surface area contributed by atoms with E-state index in [1.54, 1.807) is 11.8 Å². The molecule has 24 heavy (non-hydrogen) atoms. The van der Waals surface area contributed by atoms with E-state index in [0.29, 0.717) is 5.56 Å². The SMILES string of the molecule is CNS(=O)(=O)c1ccc(C(=O)NC2CCSc3ccccc32)cc1. The van der Waals surface area contributed by atoms with E-state index in [1.165, 1.54) is 36.2 Å². The molecule has 1 atom stereocenters. The van der Waals surface area contributed by atoms with Crippen molar-refractivity contribution in [3.8, 4) is 0 Å². The van der Waals surface area contributed by atoms with E-state index in [0.717, 1.165) is 17.7 Å². The zero-order valence-corrected chi connectivity index (χ0v) is 14.8. The van der Waals surface area contributed by atoms with Gasteiger partial charge in [-0.15, -0.1) is 11.8 Å². The largest absolute Gasteiger partial charge is 0.345 e. The lowest BCUT2D eigenvalue weighted by Gasteiger charge is -2.25. The van der Waals surface area contributed by atoms with Crippen LogP contribution in [0, 0.1) is 0 Å². The molecule has 0 bridgehead atoms. The van der Waals surface area contributed by atoms with Gasteiger partial charge in [0.1, 0.15) is 0 Å². The maximum atomic E-state index is 12.5. The van der Waals surface area contributed by atoms with E-state index in [1.807, 2.05) is 18.2 Å². The second kappa shape index (κ2) is 6.96. The van der Waals surface area contributed by atoms with Crippen LogP contribution in [0.4, 0.5) is 0 Å². The normalized spacial score (nSPS) is 17.1. The lowest BCUT2D eigenvalue weighted by molar-refractivity contribution is 0.0935. The molecular formula is C17H18N2O3S2. The molecule has 0 aliphatic carbocycles. The van der Waals surface area contributed by atoms with E-state index in [9.17, 15) is 13.2 Å². The quantitative estimate of drug-likeness (QED) is 0.876. The van der Waals surface area contributed by atoms with Gasteiger partial charge < -0.3 is 5.32 Å². The van der Waals surface area contributed by atoms with Gasteiger partial charge in [0.25, 0.3) is 5.91 Å². The van der Waals surface area contributed by atoms with Crippen LogP contribution in [0.2, 0.25) is 0 Å². The van der Waals surface area contributed by atoms with Gasteiger partial charge >= 0.3 is 0 Å². The highest BCUT2D eigenvalue weighted by atomic mass is 32.2. The Morgan fingerprint density at radius 2 is 1.83 bits per heavy atom. The van der Waals surface area contributed by atoms with Crippen molar-refractivity contribution in [3.05, 3.63) is 59.7 Å². The number of carbonyl (C=O) groups is 1. The minimum absolute atomic E-state index is 0.0179. The van der Waals surface area contributed by atoms with Crippen molar-refractivity contribution in [1.82, 2.24) is 10.0 Å². The zero-order chi connectivity index (χ0) is 17.2. The van der Waals surface area contributed by atoms with Crippen LogP contribution >= 0.6 is 11.8 Å². The van der Waals surface area contributed by atoms with Gasteiger partial charge in [0, 0.05) is 16.2 Å². The van der Waals surface area contributed by atoms with Gasteiger partial charge in [0.05, 0.1) is 10.9 Å². The molecule has 2 aromatic carbocycles. The molecule has 3 rings (SSSR count). The molecule has 1 aliphatic heterocycles. The number of nitrogens with one attached hydrogen (secondary N) is 2. The molecule has 0 spiro atoms. The molecule has 1 aliphatic rings. The molecular weight excluding hydrogens is 344 g/mol. The first-order valence-corrected chi connectivity index (χ1v) is 10.0. The lowest BCUT2D eigenvalue weighted by atomic mass is 10.0. The molecule has 0 aromatic heterocycles. The smallest absolute Gasteiger partial charge is 0.251 e. The Balaban J connectivity index is 1.77. The van der Waals surface area contributed by atoms with Crippen LogP contribution in [-0.4, -0.2) is 27.1 Å². The van der Waals surface area contributed by atoms with Crippen LogP contribution in [0.15, 0.2) is 58.3 Å². The fourth-order valence-electron chi connectivity index (χ4n) is 2.64. The molecule has 0 fully saturated rings. The molecule has 2 aromatic rings. The predicted molar refractivity (Wildman–Crippen MR) is 94.7 cm³/mol. The highest BCUT2D eigenvalue weighted by Gasteiger charge is 2.22. The maximum Gasteiger partial charge on any atom is 0.251 e. The first-order chi connectivity index (χ1) is 11.5. The average Bonchev–Trinajstić information content (AvgIpc) is 2.62. The second-order valence-corrected chi connectivity index (χ2v) is 8.46. The third kappa shape index (κ3) is 3.48. The highest BCUT2D eigenvalue weighted by molar-refractivity contribution is 7.99. The number of sulfonamides is 1. The molecule has 1 unspecified atom stereocenters. The minimum Gasteiger partial charge on any atom is -0.345 e. The molecule has 0 saturated carbocycles. The van der Waals surface area contributed by atoms with Crippen LogP contribution in [0.3, 0.4) is 0 Å². The van der Waals surface area contributed by atoms with Crippen LogP contribution in [0.1, 0.15) is 28.4 Å². The van der Waals surface area contributed by atoms with E-state index in [4.69, 9.17) is 0 Å². The summed E-state index contributed by atoms with van der Waals surface area (Å²) >= 11 is 1.80. The molecule has 0 saturated heterocycles. The molecule has 5 nitrogen and oxygen atoms in total. The van der Waals surface area contributed by atoms with Gasteiger partial charge in [0.15, 0.2) is 0 Å². The van der Waals surface area contributed by atoms with Gasteiger partial charge in [-0.05, 0) is 49.4 Å². The zero-order valence-electron chi connectivity index (χ0n) is 13.2. The summed E-state index contributed by atoms with van der Waals surface area (Å²) in [6, 6.07) is 14.0. The Kier molecular flexibility index (Phi) is 4.93. The summed E-state index contributed by atoms with van der Waals surface area (Å²) in [7, 11) is -2.14. The number of benzene rings is 2. The first kappa shape index (κ1) is 17.0. The van der Waals surface area contributed by atoms with Crippen molar-refractivity contribution < 1.29 is 13.2 Å². The van der Waals surface area contributed by atoms with Crippen molar-refractivity contribution in [1.29, 1.82) is 0 Å². The van der Waals surface area contributed by atoms with Crippen molar-refractivity contribution in [3.63, 3.8) is 0 Å². The summed E-state index contributed by atoms with van der Waals surface area (Å²) in [6.45, 7) is 0. The lowest BCUT2D eigenvalue weighted by Crippen LogP contribution is -2.30. The summed E-state index contributed by atoms with van der Waals surface area (Å²) in [4.78, 5) is 13.8. The van der Waals surface area contributed by atoms with Gasteiger partial charge in [-0.2, -0.15) is 0 Å². The van der Waals surface area contributed by atoms with Crippen molar-refractivity contribution >= 4 is 27.7 Å². The van der Waals surface area contributed by atoms with Gasteiger partial charge in [-0.3, -0.25) is 4.79 Å². The number of thioether (sulfide) groups is 1. The summed E-state index contributed by atoms with van der Waals surface area (Å²) in [6.07, 6.45) is 0.875. The molecule has 2 N–H and O–H groups in total. The van der Waals surface area contributed by atoms with E-state index in [-0.39, 0.29) is 16.8 Å². The first-order valence-electron chi connectivity index (χ1n) is 7.57. The molecule has 1 heterocycles. The molecule has 126 valence electrons. The Morgan fingerprint density at radius 3 is 2.54 bits per heavy atom. The predicted octanol–water partition coefficient (Wildman–Crippen LogP) is 2.56. The summed E-state index contributed by atoms with van der Waals surface area (Å²) in [5.41, 5.74) is 1.58. The number of fused-ring (bicyclic) bond motifs is 1. The number of hydrogen-bond donors (Lipinski definition) is 2. The molecule has 0 radical (unpaired) electrons. The third-order valence-corrected chi connectivity index (χ3v) is 6.51. The van der Waals surface area contributed by atoms with Crippen molar-refractivity contribution in [2.75, 3.05) is 12.8 Å². The van der Waals surface area contributed by atoms with Crippen molar-refractivity contribution in [2.24, 2.45) is 0 Å². The highest BCUT2D eigenvalue weighted by Crippen LogP contribution is 2.35. The van der Waals surface area contributed by atoms with Gasteiger partial charge in [-0.25, -0.2) is 13.1 Å². The van der Waals surface area contributed by atoms with Crippen LogP contribution in [-0.2, 0) is 10.0 Å². The van der Waals surface area contributed by atoms with E-state index >= 15 is 0 Å². The average molecular weight is 362 g/mol. The fraction of sp³-hybridized carbons (Fsp3) is 0.235.